The number of rotatable bonds is 2. The first-order chi connectivity index (χ1) is 19.6. The van der Waals surface area contributed by atoms with Crippen molar-refractivity contribution in [3.8, 4) is 17.6 Å². The Morgan fingerprint density at radius 1 is 1.07 bits per heavy atom. The molecule has 4 bridgehead atoms. The van der Waals surface area contributed by atoms with Gasteiger partial charge in [-0.25, -0.2) is 13.4 Å². The van der Waals surface area contributed by atoms with Gasteiger partial charge in [0.2, 0.25) is 0 Å². The standard InChI is InChI=1S/C31H31N5O4S/c1-21-33-18-27-13-14-35(22(2)41(3,38)39)20-26-7-4-5-10-29(26)34-31(37)24-8-6-9-28(16-24)40-30-15-23(19-36(21)27)11-12-25(30)17-32/h4-12,15-16,18,22H,13-14,19-20H2,1-3H3,(H,34,37). The largest absolute Gasteiger partial charge is 0.456 e. The van der Waals surface area contributed by atoms with E-state index in [4.69, 9.17) is 4.74 Å². The van der Waals surface area contributed by atoms with Gasteiger partial charge in [0.15, 0.2) is 9.84 Å². The van der Waals surface area contributed by atoms with E-state index in [9.17, 15) is 18.5 Å². The number of ether oxygens (including phenoxy) is 1. The van der Waals surface area contributed by atoms with Crippen molar-refractivity contribution in [3.05, 3.63) is 107 Å². The molecule has 0 radical (unpaired) electrons. The zero-order valence-corrected chi connectivity index (χ0v) is 24.0. The van der Waals surface area contributed by atoms with Crippen LogP contribution in [0.3, 0.4) is 0 Å². The quantitative estimate of drug-likeness (QED) is 0.365. The number of nitriles is 1. The second-order valence-corrected chi connectivity index (χ2v) is 12.6. The Bertz CT molecular complexity index is 1760. The number of hydrogen-bond acceptors (Lipinski definition) is 7. The fourth-order valence-corrected chi connectivity index (χ4v) is 5.62. The minimum atomic E-state index is -3.39. The maximum absolute atomic E-state index is 13.3. The maximum Gasteiger partial charge on any atom is 0.255 e. The normalized spacial score (nSPS) is 15.2. The molecule has 210 valence electrons. The summed E-state index contributed by atoms with van der Waals surface area (Å²) in [5.74, 6) is 1.31. The predicted octanol–water partition coefficient (Wildman–Crippen LogP) is 4.90. The van der Waals surface area contributed by atoms with E-state index in [0.717, 1.165) is 22.6 Å². The van der Waals surface area contributed by atoms with Crippen molar-refractivity contribution < 1.29 is 17.9 Å². The Morgan fingerprint density at radius 3 is 2.66 bits per heavy atom. The molecular formula is C31H31N5O4S. The van der Waals surface area contributed by atoms with Gasteiger partial charge >= 0.3 is 0 Å². The van der Waals surface area contributed by atoms with Crippen LogP contribution in [0.1, 0.15) is 45.5 Å². The fourth-order valence-electron chi connectivity index (χ4n) is 4.89. The van der Waals surface area contributed by atoms with Gasteiger partial charge < -0.3 is 14.6 Å². The summed E-state index contributed by atoms with van der Waals surface area (Å²) < 4.78 is 33.5. The molecule has 0 fully saturated rings. The first-order valence-electron chi connectivity index (χ1n) is 13.3. The molecule has 41 heavy (non-hydrogen) atoms. The summed E-state index contributed by atoms with van der Waals surface area (Å²) in [7, 11) is -3.39. The second-order valence-electron chi connectivity index (χ2n) is 10.2. The molecule has 1 amide bonds. The summed E-state index contributed by atoms with van der Waals surface area (Å²) in [5.41, 5.74) is 4.01. The smallest absolute Gasteiger partial charge is 0.255 e. The van der Waals surface area contributed by atoms with Crippen molar-refractivity contribution in [1.82, 2.24) is 14.5 Å². The number of fused-ring (bicyclic) bond motifs is 6. The van der Waals surface area contributed by atoms with Crippen LogP contribution in [0.25, 0.3) is 0 Å². The van der Waals surface area contributed by atoms with E-state index < -0.39 is 15.2 Å². The number of nitrogens with zero attached hydrogens (tertiary/aromatic N) is 4. The molecular weight excluding hydrogens is 538 g/mol. The third-order valence-electron chi connectivity index (χ3n) is 7.40. The summed E-state index contributed by atoms with van der Waals surface area (Å²) in [6.45, 7) is 4.88. The number of hydrogen-bond donors (Lipinski definition) is 1. The molecule has 1 unspecified atom stereocenters. The van der Waals surface area contributed by atoms with Gasteiger partial charge in [-0.05, 0) is 61.4 Å². The molecule has 0 spiro atoms. The van der Waals surface area contributed by atoms with Crippen molar-refractivity contribution >= 4 is 21.4 Å². The van der Waals surface area contributed by atoms with Crippen molar-refractivity contribution in [2.75, 3.05) is 18.1 Å². The minimum absolute atomic E-state index is 0.319. The van der Waals surface area contributed by atoms with Gasteiger partial charge in [0, 0.05) is 55.5 Å². The molecule has 5 rings (SSSR count). The van der Waals surface area contributed by atoms with Crippen LogP contribution < -0.4 is 10.1 Å². The predicted molar refractivity (Wildman–Crippen MR) is 157 cm³/mol. The van der Waals surface area contributed by atoms with Crippen LogP contribution >= 0.6 is 0 Å². The van der Waals surface area contributed by atoms with Crippen LogP contribution in [-0.4, -0.2) is 47.0 Å². The molecule has 4 aromatic rings. The van der Waals surface area contributed by atoms with Gasteiger partial charge in [-0.15, -0.1) is 0 Å². The van der Waals surface area contributed by atoms with Crippen molar-refractivity contribution in [2.45, 2.75) is 38.7 Å². The highest BCUT2D eigenvalue weighted by molar-refractivity contribution is 7.91. The molecule has 10 heteroatoms. The Hall–Kier alpha value is -4.46. The van der Waals surface area contributed by atoms with Crippen LogP contribution in [-0.2, 0) is 29.3 Å². The molecule has 1 aliphatic heterocycles. The van der Waals surface area contributed by atoms with Crippen molar-refractivity contribution in [3.63, 3.8) is 0 Å². The Morgan fingerprint density at radius 2 is 1.88 bits per heavy atom. The second kappa shape index (κ2) is 11.6. The van der Waals surface area contributed by atoms with Crippen LogP contribution in [0.15, 0.2) is 72.9 Å². The molecule has 0 aliphatic carbocycles. The average Bonchev–Trinajstić information content (AvgIpc) is 3.29. The Balaban J connectivity index is 1.62. The van der Waals surface area contributed by atoms with Gasteiger partial charge in [-0.3, -0.25) is 9.69 Å². The summed E-state index contributed by atoms with van der Waals surface area (Å²) in [5, 5.41) is 11.9. The summed E-state index contributed by atoms with van der Waals surface area (Å²) >= 11 is 0. The molecule has 9 nitrogen and oxygen atoms in total. The van der Waals surface area contributed by atoms with Crippen LogP contribution in [0.5, 0.6) is 11.5 Å². The number of sulfone groups is 1. The van der Waals surface area contributed by atoms with Crippen LogP contribution in [0.2, 0.25) is 0 Å². The molecule has 1 atom stereocenters. The average molecular weight is 570 g/mol. The third kappa shape index (κ3) is 6.32. The number of para-hydroxylation sites is 1. The van der Waals surface area contributed by atoms with Gasteiger partial charge in [-0.2, -0.15) is 5.26 Å². The highest BCUT2D eigenvalue weighted by atomic mass is 32.2. The van der Waals surface area contributed by atoms with Crippen molar-refractivity contribution in [2.24, 2.45) is 0 Å². The number of aromatic nitrogens is 2. The molecule has 2 heterocycles. The van der Waals surface area contributed by atoms with E-state index in [-0.39, 0.29) is 5.91 Å². The molecule has 0 saturated carbocycles. The van der Waals surface area contributed by atoms with Gasteiger partial charge in [-0.1, -0.05) is 30.3 Å². The molecule has 1 N–H and O–H groups in total. The van der Waals surface area contributed by atoms with Crippen LogP contribution in [0, 0.1) is 18.3 Å². The summed E-state index contributed by atoms with van der Waals surface area (Å²) in [6.07, 6.45) is 3.61. The van der Waals surface area contributed by atoms with Crippen LogP contribution in [0.4, 0.5) is 5.69 Å². The number of imidazole rings is 1. The minimum Gasteiger partial charge on any atom is -0.456 e. The zero-order chi connectivity index (χ0) is 29.1. The van der Waals surface area contributed by atoms with E-state index in [1.54, 1.807) is 43.3 Å². The lowest BCUT2D eigenvalue weighted by Gasteiger charge is -2.29. The molecule has 0 saturated heterocycles. The lowest BCUT2D eigenvalue weighted by molar-refractivity contribution is 0.102. The summed E-state index contributed by atoms with van der Waals surface area (Å²) in [4.78, 5) is 19.7. The number of benzene rings is 3. The number of carbonyl (C=O) groups excluding carboxylic acids is 1. The van der Waals surface area contributed by atoms with E-state index in [1.807, 2.05) is 48.4 Å². The molecule has 3 aromatic carbocycles. The first-order valence-corrected chi connectivity index (χ1v) is 15.2. The SMILES string of the molecule is Cc1ncc2n1Cc1ccc(C#N)c(c1)Oc1cccc(c1)C(=O)Nc1ccccc1CN(C(C)S(C)(=O)=O)CC2. The number of anilines is 1. The zero-order valence-electron chi connectivity index (χ0n) is 23.2. The lowest BCUT2D eigenvalue weighted by Crippen LogP contribution is -2.39. The third-order valence-corrected chi connectivity index (χ3v) is 8.93. The molecule has 1 aromatic heterocycles. The number of nitrogens with one attached hydrogen (secondary N) is 1. The first kappa shape index (κ1) is 28.1. The van der Waals surface area contributed by atoms with Crippen molar-refractivity contribution in [1.29, 1.82) is 5.26 Å². The molecule has 1 aliphatic rings. The highest BCUT2D eigenvalue weighted by Crippen LogP contribution is 2.29. The monoisotopic (exact) mass is 569 g/mol. The van der Waals surface area contributed by atoms with Gasteiger partial charge in [0.25, 0.3) is 5.91 Å². The Kier molecular flexibility index (Phi) is 7.92. The number of aryl methyl sites for hydroxylation is 1. The van der Waals surface area contributed by atoms with E-state index >= 15 is 0 Å². The van der Waals surface area contributed by atoms with E-state index in [1.165, 1.54) is 6.26 Å². The van der Waals surface area contributed by atoms with Gasteiger partial charge in [0.05, 0.1) is 5.56 Å². The lowest BCUT2D eigenvalue weighted by atomic mass is 10.1. The number of carbonyl (C=O) groups is 1. The Labute approximate surface area is 239 Å². The highest BCUT2D eigenvalue weighted by Gasteiger charge is 2.25. The van der Waals surface area contributed by atoms with E-state index in [2.05, 4.69) is 20.9 Å². The summed E-state index contributed by atoms with van der Waals surface area (Å²) in [6, 6.07) is 21.8. The number of amides is 1. The fraction of sp³-hybridized carbons (Fsp3) is 0.258. The van der Waals surface area contributed by atoms with Gasteiger partial charge in [0.1, 0.15) is 28.8 Å². The topological polar surface area (TPSA) is 117 Å². The maximum atomic E-state index is 13.3. The van der Waals surface area contributed by atoms with E-state index in [0.29, 0.717) is 54.4 Å².